The number of benzene rings is 2. The lowest BCUT2D eigenvalue weighted by Crippen LogP contribution is -2.25. The first-order chi connectivity index (χ1) is 12.9. The van der Waals surface area contributed by atoms with Gasteiger partial charge in [-0.3, -0.25) is 4.79 Å². The molecule has 0 unspecified atom stereocenters. The highest BCUT2D eigenvalue weighted by Gasteiger charge is 2.13. The molecule has 0 aliphatic carbocycles. The van der Waals surface area contributed by atoms with E-state index in [0.717, 1.165) is 5.56 Å². The summed E-state index contributed by atoms with van der Waals surface area (Å²) in [5.41, 5.74) is 1.07. The Morgan fingerprint density at radius 3 is 2.59 bits per heavy atom. The fraction of sp³-hybridized carbons (Fsp3) is 0.263. The standard InChI is InChI=1S/C19H19ClFNO5/c1-2-26-17-9-13(4-6-16(17)27-11-18(23)24)19(25)22-8-7-12-3-5-14(21)10-15(12)20/h3-6,9-10H,2,7-8,11H2,1H3,(H,22,25)(H,23,24). The zero-order chi connectivity index (χ0) is 19.8. The molecule has 0 aliphatic rings. The van der Waals surface area contributed by atoms with Crippen molar-refractivity contribution in [2.45, 2.75) is 13.3 Å². The summed E-state index contributed by atoms with van der Waals surface area (Å²) in [7, 11) is 0. The Kier molecular flexibility index (Phi) is 7.43. The number of ether oxygens (including phenoxy) is 2. The maximum Gasteiger partial charge on any atom is 0.341 e. The molecule has 2 aromatic rings. The Hall–Kier alpha value is -2.80. The molecule has 0 aromatic heterocycles. The van der Waals surface area contributed by atoms with Crippen molar-refractivity contribution in [1.29, 1.82) is 0 Å². The van der Waals surface area contributed by atoms with Gasteiger partial charge in [0.2, 0.25) is 0 Å². The highest BCUT2D eigenvalue weighted by molar-refractivity contribution is 6.31. The van der Waals surface area contributed by atoms with E-state index in [1.54, 1.807) is 13.0 Å². The van der Waals surface area contributed by atoms with Crippen molar-refractivity contribution in [1.82, 2.24) is 5.32 Å². The number of aliphatic carboxylic acids is 1. The number of nitrogens with one attached hydrogen (secondary N) is 1. The Morgan fingerprint density at radius 2 is 1.93 bits per heavy atom. The van der Waals surface area contributed by atoms with E-state index in [2.05, 4.69) is 5.32 Å². The van der Waals surface area contributed by atoms with E-state index >= 15 is 0 Å². The Balaban J connectivity index is 2.00. The fourth-order valence-corrected chi connectivity index (χ4v) is 2.58. The van der Waals surface area contributed by atoms with Crippen molar-refractivity contribution in [3.05, 3.63) is 58.4 Å². The molecule has 2 aromatic carbocycles. The van der Waals surface area contributed by atoms with Gasteiger partial charge in [-0.05, 0) is 49.2 Å². The molecular formula is C19H19ClFNO5. The van der Waals surface area contributed by atoms with Gasteiger partial charge in [0, 0.05) is 17.1 Å². The van der Waals surface area contributed by atoms with Gasteiger partial charge in [0.15, 0.2) is 18.1 Å². The average molecular weight is 396 g/mol. The van der Waals surface area contributed by atoms with Crippen molar-refractivity contribution in [2.75, 3.05) is 19.8 Å². The molecule has 0 aliphatic heterocycles. The Bertz CT molecular complexity index is 828. The number of rotatable bonds is 9. The molecule has 0 bridgehead atoms. The minimum atomic E-state index is -1.11. The predicted octanol–water partition coefficient (Wildman–Crippen LogP) is 3.31. The van der Waals surface area contributed by atoms with Crippen LogP contribution in [0.4, 0.5) is 4.39 Å². The summed E-state index contributed by atoms with van der Waals surface area (Å²) in [6, 6.07) is 8.60. The number of hydrogen-bond acceptors (Lipinski definition) is 4. The molecule has 0 spiro atoms. The second kappa shape index (κ2) is 9.78. The second-order valence-electron chi connectivity index (χ2n) is 5.52. The Labute approximate surface area is 160 Å². The van der Waals surface area contributed by atoms with Crippen LogP contribution in [-0.4, -0.2) is 36.7 Å². The molecule has 144 valence electrons. The van der Waals surface area contributed by atoms with Crippen LogP contribution in [0.3, 0.4) is 0 Å². The number of carbonyl (C=O) groups is 2. The summed E-state index contributed by atoms with van der Waals surface area (Å²) in [5.74, 6) is -1.33. The molecule has 2 N–H and O–H groups in total. The van der Waals surface area contributed by atoms with E-state index in [-0.39, 0.29) is 17.4 Å². The molecule has 0 saturated carbocycles. The first-order valence-corrected chi connectivity index (χ1v) is 8.62. The monoisotopic (exact) mass is 395 g/mol. The number of carboxylic acids is 1. The number of amides is 1. The molecule has 2 rings (SSSR count). The molecule has 27 heavy (non-hydrogen) atoms. The van der Waals surface area contributed by atoms with Crippen LogP contribution in [0.15, 0.2) is 36.4 Å². The summed E-state index contributed by atoms with van der Waals surface area (Å²) in [6.45, 7) is 1.90. The van der Waals surface area contributed by atoms with Gasteiger partial charge >= 0.3 is 5.97 Å². The van der Waals surface area contributed by atoms with Crippen molar-refractivity contribution in [3.63, 3.8) is 0 Å². The summed E-state index contributed by atoms with van der Waals surface area (Å²) < 4.78 is 23.6. The van der Waals surface area contributed by atoms with Crippen LogP contribution in [-0.2, 0) is 11.2 Å². The fourth-order valence-electron chi connectivity index (χ4n) is 2.31. The smallest absolute Gasteiger partial charge is 0.341 e. The van der Waals surface area contributed by atoms with Gasteiger partial charge in [-0.15, -0.1) is 0 Å². The topological polar surface area (TPSA) is 84.9 Å². The summed E-state index contributed by atoms with van der Waals surface area (Å²) in [5, 5.41) is 11.8. The van der Waals surface area contributed by atoms with Gasteiger partial charge in [-0.1, -0.05) is 17.7 Å². The van der Waals surface area contributed by atoms with E-state index in [1.165, 1.54) is 30.3 Å². The lowest BCUT2D eigenvalue weighted by molar-refractivity contribution is -0.139. The molecule has 1 amide bonds. The highest BCUT2D eigenvalue weighted by Crippen LogP contribution is 2.28. The lowest BCUT2D eigenvalue weighted by Gasteiger charge is -2.12. The maximum absolute atomic E-state index is 13.0. The van der Waals surface area contributed by atoms with Gasteiger partial charge in [0.05, 0.1) is 6.61 Å². The molecule has 0 fully saturated rings. The highest BCUT2D eigenvalue weighted by atomic mass is 35.5. The van der Waals surface area contributed by atoms with Gasteiger partial charge in [-0.25, -0.2) is 9.18 Å². The van der Waals surface area contributed by atoms with E-state index in [4.69, 9.17) is 26.2 Å². The van der Waals surface area contributed by atoms with E-state index in [0.29, 0.717) is 30.2 Å². The minimum Gasteiger partial charge on any atom is -0.490 e. The van der Waals surface area contributed by atoms with Gasteiger partial charge in [0.1, 0.15) is 5.82 Å². The third-order valence-electron chi connectivity index (χ3n) is 3.55. The second-order valence-corrected chi connectivity index (χ2v) is 5.93. The van der Waals surface area contributed by atoms with Crippen LogP contribution in [0.1, 0.15) is 22.8 Å². The zero-order valence-electron chi connectivity index (χ0n) is 14.6. The maximum atomic E-state index is 13.0. The largest absolute Gasteiger partial charge is 0.490 e. The Morgan fingerprint density at radius 1 is 1.15 bits per heavy atom. The number of hydrogen-bond donors (Lipinski definition) is 2. The van der Waals surface area contributed by atoms with Crippen LogP contribution in [0.25, 0.3) is 0 Å². The summed E-state index contributed by atoms with van der Waals surface area (Å²) >= 11 is 5.96. The van der Waals surface area contributed by atoms with Crippen LogP contribution < -0.4 is 14.8 Å². The van der Waals surface area contributed by atoms with Crippen LogP contribution in [0.5, 0.6) is 11.5 Å². The zero-order valence-corrected chi connectivity index (χ0v) is 15.4. The lowest BCUT2D eigenvalue weighted by atomic mass is 10.1. The average Bonchev–Trinajstić information content (AvgIpc) is 2.62. The molecule has 6 nitrogen and oxygen atoms in total. The number of halogens is 2. The van der Waals surface area contributed by atoms with E-state index in [9.17, 15) is 14.0 Å². The van der Waals surface area contributed by atoms with Crippen LogP contribution in [0, 0.1) is 5.82 Å². The molecule has 0 radical (unpaired) electrons. The molecule has 0 heterocycles. The number of carboxylic acid groups (broad SMARTS) is 1. The molecule has 0 atom stereocenters. The SMILES string of the molecule is CCOc1cc(C(=O)NCCc2ccc(F)cc2Cl)ccc1OCC(=O)O. The summed E-state index contributed by atoms with van der Waals surface area (Å²) in [4.78, 5) is 22.9. The van der Waals surface area contributed by atoms with Crippen LogP contribution in [0.2, 0.25) is 5.02 Å². The van der Waals surface area contributed by atoms with E-state index in [1.807, 2.05) is 0 Å². The molecular weight excluding hydrogens is 377 g/mol. The van der Waals surface area contributed by atoms with Crippen molar-refractivity contribution in [2.24, 2.45) is 0 Å². The quantitative estimate of drug-likeness (QED) is 0.680. The van der Waals surface area contributed by atoms with Gasteiger partial charge in [0.25, 0.3) is 5.91 Å². The third-order valence-corrected chi connectivity index (χ3v) is 3.90. The van der Waals surface area contributed by atoms with Crippen molar-refractivity contribution < 1.29 is 28.6 Å². The van der Waals surface area contributed by atoms with Gasteiger partial charge in [-0.2, -0.15) is 0 Å². The van der Waals surface area contributed by atoms with E-state index < -0.39 is 18.4 Å². The first-order valence-electron chi connectivity index (χ1n) is 8.24. The summed E-state index contributed by atoms with van der Waals surface area (Å²) in [6.07, 6.45) is 0.447. The van der Waals surface area contributed by atoms with Crippen molar-refractivity contribution >= 4 is 23.5 Å². The molecule has 0 saturated heterocycles. The number of carbonyl (C=O) groups excluding carboxylic acids is 1. The molecule has 8 heteroatoms. The first kappa shape index (κ1) is 20.5. The minimum absolute atomic E-state index is 0.244. The third kappa shape index (κ3) is 6.14. The van der Waals surface area contributed by atoms with Crippen molar-refractivity contribution in [3.8, 4) is 11.5 Å². The normalized spacial score (nSPS) is 10.3. The van der Waals surface area contributed by atoms with Gasteiger partial charge < -0.3 is 19.9 Å². The predicted molar refractivity (Wildman–Crippen MR) is 98.2 cm³/mol. The van der Waals surface area contributed by atoms with Crippen LogP contribution >= 0.6 is 11.6 Å².